The standard InChI is InChI=1S/C16H13N5O5S/c22-15(8-20-4-3-14(19-20)21(23)24)18-16-17-11(9-27-16)10-1-2-12-13(7-10)26-6-5-25-12/h1-4,7,9H,5-6,8H2,(H,17,18,22). The van der Waals surface area contributed by atoms with Crippen molar-refractivity contribution in [3.05, 3.63) is 46.0 Å². The van der Waals surface area contributed by atoms with Crippen LogP contribution in [0, 0.1) is 10.1 Å². The molecular weight excluding hydrogens is 374 g/mol. The number of fused-ring (bicyclic) bond motifs is 1. The number of benzene rings is 1. The van der Waals surface area contributed by atoms with Crippen LogP contribution in [-0.4, -0.2) is 38.8 Å². The van der Waals surface area contributed by atoms with Crippen LogP contribution >= 0.6 is 11.3 Å². The highest BCUT2D eigenvalue weighted by Crippen LogP contribution is 2.35. The van der Waals surface area contributed by atoms with Crippen molar-refractivity contribution in [2.45, 2.75) is 6.54 Å². The topological polar surface area (TPSA) is 121 Å². The van der Waals surface area contributed by atoms with Crippen LogP contribution < -0.4 is 14.8 Å². The van der Waals surface area contributed by atoms with Gasteiger partial charge in [0.1, 0.15) is 19.8 Å². The molecule has 0 fully saturated rings. The number of ether oxygens (including phenoxy) is 2. The van der Waals surface area contributed by atoms with E-state index in [-0.39, 0.29) is 18.3 Å². The van der Waals surface area contributed by atoms with Crippen molar-refractivity contribution in [2.24, 2.45) is 0 Å². The van der Waals surface area contributed by atoms with Crippen molar-refractivity contribution in [1.29, 1.82) is 0 Å². The molecule has 27 heavy (non-hydrogen) atoms. The zero-order valence-electron chi connectivity index (χ0n) is 13.8. The van der Waals surface area contributed by atoms with E-state index in [1.807, 2.05) is 23.6 Å². The minimum absolute atomic E-state index is 0.146. The zero-order valence-corrected chi connectivity index (χ0v) is 14.6. The number of hydrogen-bond acceptors (Lipinski definition) is 8. The Morgan fingerprint density at radius 3 is 2.89 bits per heavy atom. The molecule has 10 nitrogen and oxygen atoms in total. The van der Waals surface area contributed by atoms with Gasteiger partial charge in [-0.2, -0.15) is 4.68 Å². The molecule has 11 heteroatoms. The molecule has 1 aliphatic rings. The molecule has 0 radical (unpaired) electrons. The lowest BCUT2D eigenvalue weighted by atomic mass is 10.1. The first-order chi connectivity index (χ1) is 13.1. The van der Waals surface area contributed by atoms with Crippen molar-refractivity contribution in [3.8, 4) is 22.8 Å². The molecule has 0 atom stereocenters. The van der Waals surface area contributed by atoms with Gasteiger partial charge in [-0.1, -0.05) is 0 Å². The van der Waals surface area contributed by atoms with Crippen molar-refractivity contribution in [3.63, 3.8) is 0 Å². The van der Waals surface area contributed by atoms with E-state index >= 15 is 0 Å². The Balaban J connectivity index is 1.43. The van der Waals surface area contributed by atoms with Gasteiger partial charge >= 0.3 is 5.82 Å². The summed E-state index contributed by atoms with van der Waals surface area (Å²) in [6.07, 6.45) is 1.38. The first-order valence-corrected chi connectivity index (χ1v) is 8.80. The second-order valence-corrected chi connectivity index (χ2v) is 6.43. The third kappa shape index (κ3) is 3.72. The molecule has 2 aromatic heterocycles. The van der Waals surface area contributed by atoms with Crippen LogP contribution in [0.25, 0.3) is 11.3 Å². The number of aromatic nitrogens is 3. The maximum absolute atomic E-state index is 12.1. The number of rotatable bonds is 5. The summed E-state index contributed by atoms with van der Waals surface area (Å²) in [4.78, 5) is 26.5. The van der Waals surface area contributed by atoms with Crippen LogP contribution in [0.1, 0.15) is 0 Å². The first kappa shape index (κ1) is 17.0. The van der Waals surface area contributed by atoms with Gasteiger partial charge in [0.05, 0.1) is 23.1 Å². The van der Waals surface area contributed by atoms with E-state index in [1.165, 1.54) is 28.3 Å². The van der Waals surface area contributed by atoms with Gasteiger partial charge in [-0.15, -0.1) is 11.3 Å². The maximum Gasteiger partial charge on any atom is 0.389 e. The predicted octanol–water partition coefficient (Wildman–Crippen LogP) is 2.32. The average Bonchev–Trinajstić information content (AvgIpc) is 3.31. The van der Waals surface area contributed by atoms with E-state index < -0.39 is 4.92 Å². The zero-order chi connectivity index (χ0) is 18.8. The fourth-order valence-corrected chi connectivity index (χ4v) is 3.24. The molecule has 0 spiro atoms. The maximum atomic E-state index is 12.1. The van der Waals surface area contributed by atoms with Crippen LogP contribution in [-0.2, 0) is 11.3 Å². The molecule has 0 aliphatic carbocycles. The molecule has 1 aliphatic heterocycles. The van der Waals surface area contributed by atoms with Gasteiger partial charge in [0, 0.05) is 10.9 Å². The molecule has 0 unspecified atom stereocenters. The number of hydrogen-bond donors (Lipinski definition) is 1. The summed E-state index contributed by atoms with van der Waals surface area (Å²) in [5, 5.41) is 19.2. The number of nitrogens with one attached hydrogen (secondary N) is 1. The predicted molar refractivity (Wildman–Crippen MR) is 96.1 cm³/mol. The number of carbonyl (C=O) groups excluding carboxylic acids is 1. The number of thiazole rings is 1. The molecule has 1 aromatic carbocycles. The summed E-state index contributed by atoms with van der Waals surface area (Å²) in [6.45, 7) is 0.881. The van der Waals surface area contributed by atoms with E-state index in [0.29, 0.717) is 35.5 Å². The molecule has 0 saturated heterocycles. The molecule has 1 N–H and O–H groups in total. The van der Waals surface area contributed by atoms with Gasteiger partial charge in [-0.3, -0.25) is 4.79 Å². The second-order valence-electron chi connectivity index (χ2n) is 5.57. The summed E-state index contributed by atoms with van der Waals surface area (Å²) < 4.78 is 12.3. The molecule has 0 saturated carbocycles. The second kappa shape index (κ2) is 7.03. The van der Waals surface area contributed by atoms with Crippen LogP contribution in [0.5, 0.6) is 11.5 Å². The molecule has 4 rings (SSSR count). The highest BCUT2D eigenvalue weighted by atomic mass is 32.1. The Morgan fingerprint density at radius 1 is 1.30 bits per heavy atom. The van der Waals surface area contributed by atoms with Crippen molar-refractivity contribution in [2.75, 3.05) is 18.5 Å². The summed E-state index contributed by atoms with van der Waals surface area (Å²) in [5.74, 6) is 0.675. The lowest BCUT2D eigenvalue weighted by Gasteiger charge is -2.18. The average molecular weight is 387 g/mol. The van der Waals surface area contributed by atoms with E-state index in [4.69, 9.17) is 9.47 Å². The summed E-state index contributed by atoms with van der Waals surface area (Å²) in [7, 11) is 0. The van der Waals surface area contributed by atoms with Gasteiger partial charge in [0.2, 0.25) is 5.91 Å². The highest BCUT2D eigenvalue weighted by Gasteiger charge is 2.16. The van der Waals surface area contributed by atoms with Crippen molar-refractivity contribution in [1.82, 2.24) is 14.8 Å². The minimum Gasteiger partial charge on any atom is -0.486 e. The minimum atomic E-state index is -0.616. The Bertz CT molecular complexity index is 1010. The van der Waals surface area contributed by atoms with Crippen LogP contribution in [0.3, 0.4) is 0 Å². The SMILES string of the molecule is O=C(Cn1ccc([N+](=O)[O-])n1)Nc1nc(-c2ccc3c(c2)OCCO3)cs1. The Kier molecular flexibility index (Phi) is 4.42. The number of amides is 1. The van der Waals surface area contributed by atoms with E-state index in [0.717, 1.165) is 5.56 Å². The number of anilines is 1. The van der Waals surface area contributed by atoms with E-state index in [2.05, 4.69) is 15.4 Å². The van der Waals surface area contributed by atoms with Crippen molar-refractivity contribution < 1.29 is 19.2 Å². The molecule has 0 bridgehead atoms. The quantitative estimate of drug-likeness (QED) is 0.527. The summed E-state index contributed by atoms with van der Waals surface area (Å²) >= 11 is 1.28. The molecule has 138 valence electrons. The summed E-state index contributed by atoms with van der Waals surface area (Å²) in [6, 6.07) is 6.78. The smallest absolute Gasteiger partial charge is 0.389 e. The van der Waals surface area contributed by atoms with Gasteiger partial charge in [-0.05, 0) is 23.1 Å². The van der Waals surface area contributed by atoms with Gasteiger partial charge in [-0.25, -0.2) is 4.98 Å². The van der Waals surface area contributed by atoms with Crippen LogP contribution in [0.2, 0.25) is 0 Å². The monoisotopic (exact) mass is 387 g/mol. The normalized spacial score (nSPS) is 12.6. The number of carbonyl (C=O) groups is 1. The van der Waals surface area contributed by atoms with Gasteiger partial charge in [0.15, 0.2) is 16.6 Å². The van der Waals surface area contributed by atoms with E-state index in [1.54, 1.807) is 0 Å². The van der Waals surface area contributed by atoms with Gasteiger partial charge < -0.3 is 24.9 Å². The lowest BCUT2D eigenvalue weighted by molar-refractivity contribution is -0.389. The first-order valence-electron chi connectivity index (χ1n) is 7.92. The fourth-order valence-electron chi connectivity index (χ4n) is 2.51. The number of nitrogens with zero attached hydrogens (tertiary/aromatic N) is 4. The highest BCUT2D eigenvalue weighted by molar-refractivity contribution is 7.14. The fraction of sp³-hybridized carbons (Fsp3) is 0.188. The lowest BCUT2D eigenvalue weighted by Crippen LogP contribution is -2.19. The Hall–Kier alpha value is -3.47. The van der Waals surface area contributed by atoms with Crippen molar-refractivity contribution >= 4 is 28.2 Å². The van der Waals surface area contributed by atoms with Gasteiger partial charge in [0.25, 0.3) is 0 Å². The third-order valence-electron chi connectivity index (χ3n) is 3.71. The van der Waals surface area contributed by atoms with Crippen LogP contribution in [0.4, 0.5) is 10.9 Å². The molecule has 3 heterocycles. The largest absolute Gasteiger partial charge is 0.486 e. The van der Waals surface area contributed by atoms with E-state index in [9.17, 15) is 14.9 Å². The Labute approximate surface area is 156 Å². The molecule has 3 aromatic rings. The molecule has 1 amide bonds. The van der Waals surface area contributed by atoms with Crippen LogP contribution in [0.15, 0.2) is 35.8 Å². The number of nitro groups is 1. The third-order valence-corrected chi connectivity index (χ3v) is 4.47. The molecular formula is C16H13N5O5S. The Morgan fingerprint density at radius 2 is 2.11 bits per heavy atom. The summed E-state index contributed by atoms with van der Waals surface area (Å²) in [5.41, 5.74) is 1.54.